The Morgan fingerprint density at radius 3 is 2.79 bits per heavy atom. The van der Waals surface area contributed by atoms with Crippen LogP contribution >= 0.6 is 0 Å². The number of oxime groups is 1. The van der Waals surface area contributed by atoms with Gasteiger partial charge in [0.1, 0.15) is 11.6 Å². The molecule has 19 heavy (non-hydrogen) atoms. The van der Waals surface area contributed by atoms with Crippen molar-refractivity contribution in [2.24, 2.45) is 10.9 Å². The molecule has 0 saturated heterocycles. The lowest BCUT2D eigenvalue weighted by Gasteiger charge is -2.17. The molecule has 0 unspecified atom stereocenters. The van der Waals surface area contributed by atoms with Gasteiger partial charge < -0.3 is 20.6 Å². The number of rotatable bonds is 5. The second kappa shape index (κ2) is 6.63. The molecule has 0 aliphatic rings. The van der Waals surface area contributed by atoms with Gasteiger partial charge in [0.2, 0.25) is 0 Å². The van der Waals surface area contributed by atoms with Gasteiger partial charge in [-0.25, -0.2) is 0 Å². The van der Waals surface area contributed by atoms with Crippen molar-refractivity contribution >= 4 is 11.7 Å². The van der Waals surface area contributed by atoms with Crippen LogP contribution in [0.25, 0.3) is 0 Å². The third-order valence-electron chi connectivity index (χ3n) is 2.83. The maximum absolute atomic E-state index is 12.2. The Balaban J connectivity index is 2.76. The van der Waals surface area contributed by atoms with Crippen LogP contribution in [0.5, 0.6) is 5.75 Å². The van der Waals surface area contributed by atoms with Crippen LogP contribution in [0.2, 0.25) is 0 Å². The van der Waals surface area contributed by atoms with E-state index in [0.29, 0.717) is 24.3 Å². The molecule has 0 heterocycles. The first kappa shape index (κ1) is 14.8. The Morgan fingerprint density at radius 1 is 1.53 bits per heavy atom. The Bertz CT molecular complexity index is 486. The lowest BCUT2D eigenvalue weighted by Crippen LogP contribution is -2.30. The molecule has 0 aromatic heterocycles. The zero-order valence-corrected chi connectivity index (χ0v) is 11.4. The summed E-state index contributed by atoms with van der Waals surface area (Å²) in [7, 11) is 3.23. The zero-order valence-electron chi connectivity index (χ0n) is 11.4. The van der Waals surface area contributed by atoms with E-state index >= 15 is 0 Å². The van der Waals surface area contributed by atoms with Crippen LogP contribution in [-0.4, -0.2) is 42.6 Å². The maximum Gasteiger partial charge on any atom is 0.253 e. The summed E-state index contributed by atoms with van der Waals surface area (Å²) in [6.07, 6.45) is 0.321. The number of ether oxygens (including phenoxy) is 1. The van der Waals surface area contributed by atoms with Crippen molar-refractivity contribution in [3.05, 3.63) is 29.3 Å². The zero-order chi connectivity index (χ0) is 14.4. The van der Waals surface area contributed by atoms with Crippen molar-refractivity contribution in [1.82, 2.24) is 4.90 Å². The van der Waals surface area contributed by atoms with Gasteiger partial charge in [0.25, 0.3) is 5.91 Å². The molecule has 0 radical (unpaired) electrons. The van der Waals surface area contributed by atoms with Gasteiger partial charge in [-0.2, -0.15) is 0 Å². The molecule has 6 nitrogen and oxygen atoms in total. The fraction of sp³-hybridized carbons (Fsp3) is 0.385. The molecular formula is C13H19N3O3. The first-order valence-electron chi connectivity index (χ1n) is 5.86. The Labute approximate surface area is 112 Å². The van der Waals surface area contributed by atoms with Gasteiger partial charge in [0, 0.05) is 25.6 Å². The minimum absolute atomic E-state index is 0.0983. The van der Waals surface area contributed by atoms with Gasteiger partial charge in [0.15, 0.2) is 0 Å². The molecule has 104 valence electrons. The number of hydrogen-bond donors (Lipinski definition) is 2. The largest absolute Gasteiger partial charge is 0.496 e. The van der Waals surface area contributed by atoms with E-state index in [1.54, 1.807) is 26.3 Å². The lowest BCUT2D eigenvalue weighted by atomic mass is 10.1. The molecule has 0 saturated carbocycles. The van der Waals surface area contributed by atoms with Crippen molar-refractivity contribution in [3.8, 4) is 5.75 Å². The number of benzene rings is 1. The summed E-state index contributed by atoms with van der Waals surface area (Å²) in [5.74, 6) is 0.640. The molecule has 1 aromatic rings. The molecule has 3 N–H and O–H groups in total. The highest BCUT2D eigenvalue weighted by Gasteiger charge is 2.13. The average molecular weight is 265 g/mol. The van der Waals surface area contributed by atoms with Crippen LogP contribution in [0.1, 0.15) is 22.3 Å². The minimum Gasteiger partial charge on any atom is -0.496 e. The number of carbonyl (C=O) groups is 1. The Hall–Kier alpha value is -2.24. The quantitative estimate of drug-likeness (QED) is 0.362. The first-order chi connectivity index (χ1) is 8.99. The van der Waals surface area contributed by atoms with Crippen molar-refractivity contribution in [2.75, 3.05) is 20.7 Å². The number of nitrogens with zero attached hydrogens (tertiary/aromatic N) is 2. The molecule has 0 atom stereocenters. The number of nitrogens with two attached hydrogens (primary N) is 1. The summed E-state index contributed by atoms with van der Waals surface area (Å²) >= 11 is 0. The summed E-state index contributed by atoms with van der Waals surface area (Å²) in [5, 5.41) is 11.3. The summed E-state index contributed by atoms with van der Waals surface area (Å²) in [4.78, 5) is 13.7. The number of methoxy groups -OCH3 is 1. The molecule has 0 spiro atoms. The third kappa shape index (κ3) is 3.87. The molecule has 0 aliphatic carbocycles. The highest BCUT2D eigenvalue weighted by Crippen LogP contribution is 2.19. The van der Waals surface area contributed by atoms with E-state index in [4.69, 9.17) is 15.7 Å². The predicted molar refractivity (Wildman–Crippen MR) is 72.7 cm³/mol. The van der Waals surface area contributed by atoms with E-state index in [9.17, 15) is 4.79 Å². The van der Waals surface area contributed by atoms with Crippen LogP contribution in [0, 0.1) is 6.92 Å². The molecule has 0 fully saturated rings. The second-order valence-corrected chi connectivity index (χ2v) is 4.25. The van der Waals surface area contributed by atoms with Crippen LogP contribution in [0.15, 0.2) is 23.4 Å². The number of hydrogen-bond acceptors (Lipinski definition) is 4. The minimum atomic E-state index is -0.135. The van der Waals surface area contributed by atoms with Crippen LogP contribution < -0.4 is 10.5 Å². The number of amidine groups is 1. The molecular weight excluding hydrogens is 246 g/mol. The number of carbonyl (C=O) groups excluding carboxylic acids is 1. The molecule has 1 aromatic carbocycles. The highest BCUT2D eigenvalue weighted by atomic mass is 16.5. The first-order valence-corrected chi connectivity index (χ1v) is 5.86. The fourth-order valence-electron chi connectivity index (χ4n) is 1.61. The van der Waals surface area contributed by atoms with Crippen LogP contribution in [0.4, 0.5) is 0 Å². The van der Waals surface area contributed by atoms with Crippen molar-refractivity contribution in [3.63, 3.8) is 0 Å². The molecule has 1 amide bonds. The number of aryl methyl sites for hydroxylation is 1. The van der Waals surface area contributed by atoms with E-state index in [-0.39, 0.29) is 11.7 Å². The topological polar surface area (TPSA) is 88.2 Å². The molecule has 6 heteroatoms. The standard InChI is InChI=1S/C13H19N3O3/c1-9-4-5-10(8-11(9)19-3)13(17)16(2)7-6-12(14)15-18/h4-5,8,18H,6-7H2,1-3H3,(H2,14,15). The number of amides is 1. The molecule has 0 aliphatic heterocycles. The van der Waals surface area contributed by atoms with E-state index in [1.165, 1.54) is 4.90 Å². The smallest absolute Gasteiger partial charge is 0.253 e. The predicted octanol–water partition coefficient (Wildman–Crippen LogP) is 1.21. The van der Waals surface area contributed by atoms with Gasteiger partial charge in [0.05, 0.1) is 7.11 Å². The second-order valence-electron chi connectivity index (χ2n) is 4.25. The summed E-state index contributed by atoms with van der Waals surface area (Å²) in [6.45, 7) is 2.29. The van der Waals surface area contributed by atoms with E-state index in [2.05, 4.69) is 5.16 Å². The monoisotopic (exact) mass is 265 g/mol. The van der Waals surface area contributed by atoms with E-state index in [0.717, 1.165) is 5.56 Å². The van der Waals surface area contributed by atoms with Crippen molar-refractivity contribution < 1.29 is 14.7 Å². The Kier molecular flexibility index (Phi) is 5.17. The molecule has 0 bridgehead atoms. The van der Waals surface area contributed by atoms with Gasteiger partial charge in [-0.15, -0.1) is 0 Å². The maximum atomic E-state index is 12.2. The van der Waals surface area contributed by atoms with Crippen LogP contribution in [0.3, 0.4) is 0 Å². The van der Waals surface area contributed by atoms with Gasteiger partial charge in [-0.3, -0.25) is 4.79 Å². The third-order valence-corrected chi connectivity index (χ3v) is 2.83. The fourth-order valence-corrected chi connectivity index (χ4v) is 1.61. The summed E-state index contributed by atoms with van der Waals surface area (Å²) in [6, 6.07) is 5.29. The van der Waals surface area contributed by atoms with Crippen LogP contribution in [-0.2, 0) is 0 Å². The summed E-state index contributed by atoms with van der Waals surface area (Å²) < 4.78 is 5.19. The Morgan fingerprint density at radius 2 is 2.21 bits per heavy atom. The van der Waals surface area contributed by atoms with Gasteiger partial charge in [-0.05, 0) is 24.6 Å². The molecule has 1 rings (SSSR count). The normalized spacial score (nSPS) is 11.2. The summed E-state index contributed by atoms with van der Waals surface area (Å²) in [5.41, 5.74) is 6.88. The van der Waals surface area contributed by atoms with E-state index in [1.807, 2.05) is 13.0 Å². The van der Waals surface area contributed by atoms with Gasteiger partial charge in [-0.1, -0.05) is 11.2 Å². The van der Waals surface area contributed by atoms with Crippen molar-refractivity contribution in [1.29, 1.82) is 0 Å². The van der Waals surface area contributed by atoms with Crippen molar-refractivity contribution in [2.45, 2.75) is 13.3 Å². The highest BCUT2D eigenvalue weighted by molar-refractivity contribution is 5.94. The van der Waals surface area contributed by atoms with E-state index < -0.39 is 0 Å². The average Bonchev–Trinajstić information content (AvgIpc) is 2.43. The SMILES string of the molecule is COc1cc(C(=O)N(C)CC/C(N)=N/O)ccc1C. The van der Waals surface area contributed by atoms with Gasteiger partial charge >= 0.3 is 0 Å². The lowest BCUT2D eigenvalue weighted by molar-refractivity contribution is 0.0798.